The van der Waals surface area contributed by atoms with Crippen molar-refractivity contribution in [2.45, 2.75) is 13.3 Å². The lowest BCUT2D eigenvalue weighted by Crippen LogP contribution is -2.06. The van der Waals surface area contributed by atoms with Gasteiger partial charge in [-0.2, -0.15) is 0 Å². The molecule has 0 bridgehead atoms. The maximum atomic E-state index is 13.8. The molecule has 1 aromatic heterocycles. The SMILES string of the molecule is CCc1nc2c(F)cc(I)cc2c(O)c1C(=O)O. The summed E-state index contributed by atoms with van der Waals surface area (Å²) < 4.78 is 14.3. The van der Waals surface area contributed by atoms with Crippen LogP contribution in [0.5, 0.6) is 5.75 Å². The Morgan fingerprint density at radius 1 is 1.50 bits per heavy atom. The molecule has 0 spiro atoms. The summed E-state index contributed by atoms with van der Waals surface area (Å²) in [6.07, 6.45) is 0.302. The fourth-order valence-electron chi connectivity index (χ4n) is 1.80. The predicted molar refractivity (Wildman–Crippen MR) is 72.4 cm³/mol. The third kappa shape index (κ3) is 2.00. The van der Waals surface area contributed by atoms with E-state index in [2.05, 4.69) is 4.98 Å². The molecule has 4 nitrogen and oxygen atoms in total. The number of hydrogen-bond donors (Lipinski definition) is 2. The molecule has 2 aromatic rings. The predicted octanol–water partition coefficient (Wildman–Crippen LogP) is 2.94. The lowest BCUT2D eigenvalue weighted by atomic mass is 10.1. The number of carboxylic acid groups (broad SMARTS) is 1. The number of nitrogens with zero attached hydrogens (tertiary/aromatic N) is 1. The van der Waals surface area contributed by atoms with Crippen molar-refractivity contribution in [2.24, 2.45) is 0 Å². The van der Waals surface area contributed by atoms with Crippen molar-refractivity contribution < 1.29 is 19.4 Å². The Hall–Kier alpha value is -1.44. The highest BCUT2D eigenvalue weighted by Gasteiger charge is 2.21. The van der Waals surface area contributed by atoms with E-state index >= 15 is 0 Å². The molecule has 6 heteroatoms. The average molecular weight is 361 g/mol. The Morgan fingerprint density at radius 3 is 2.72 bits per heavy atom. The van der Waals surface area contributed by atoms with Crippen LogP contribution in [0.25, 0.3) is 10.9 Å². The minimum absolute atomic E-state index is 0.00485. The first kappa shape index (κ1) is 13.0. The van der Waals surface area contributed by atoms with Crippen LogP contribution in [-0.2, 0) is 6.42 Å². The second kappa shape index (κ2) is 4.68. The zero-order chi connectivity index (χ0) is 13.4. The van der Waals surface area contributed by atoms with E-state index in [0.717, 1.165) is 0 Å². The first-order valence-electron chi connectivity index (χ1n) is 5.19. The van der Waals surface area contributed by atoms with Gasteiger partial charge in [0.15, 0.2) is 5.82 Å². The Kier molecular flexibility index (Phi) is 3.38. The monoisotopic (exact) mass is 361 g/mol. The number of carbonyl (C=O) groups is 1. The average Bonchev–Trinajstić information content (AvgIpc) is 2.29. The second-order valence-corrected chi connectivity index (χ2v) is 4.97. The fourth-order valence-corrected chi connectivity index (χ4v) is 2.39. The van der Waals surface area contributed by atoms with Gasteiger partial charge in [-0.15, -0.1) is 0 Å². The second-order valence-electron chi connectivity index (χ2n) is 3.72. The maximum absolute atomic E-state index is 13.8. The van der Waals surface area contributed by atoms with E-state index in [0.29, 0.717) is 9.99 Å². The van der Waals surface area contributed by atoms with Gasteiger partial charge in [0.25, 0.3) is 0 Å². The fraction of sp³-hybridized carbons (Fsp3) is 0.167. The molecule has 0 radical (unpaired) electrons. The Morgan fingerprint density at radius 2 is 2.17 bits per heavy atom. The van der Waals surface area contributed by atoms with Crippen LogP contribution in [0.4, 0.5) is 4.39 Å². The highest BCUT2D eigenvalue weighted by molar-refractivity contribution is 14.1. The molecule has 0 saturated carbocycles. The van der Waals surface area contributed by atoms with Gasteiger partial charge in [0.1, 0.15) is 16.8 Å². The van der Waals surface area contributed by atoms with Gasteiger partial charge in [-0.3, -0.25) is 0 Å². The molecule has 0 saturated heterocycles. The smallest absolute Gasteiger partial charge is 0.341 e. The molecule has 0 aliphatic carbocycles. The van der Waals surface area contributed by atoms with Crippen molar-refractivity contribution >= 4 is 39.5 Å². The summed E-state index contributed by atoms with van der Waals surface area (Å²) in [5, 5.41) is 19.2. The van der Waals surface area contributed by atoms with Gasteiger partial charge in [0.05, 0.1) is 5.69 Å². The molecule has 94 valence electrons. The van der Waals surface area contributed by atoms with E-state index in [-0.39, 0.29) is 22.2 Å². The van der Waals surface area contributed by atoms with Crippen molar-refractivity contribution in [3.05, 3.63) is 32.8 Å². The van der Waals surface area contributed by atoms with E-state index in [9.17, 15) is 14.3 Å². The van der Waals surface area contributed by atoms with E-state index in [1.807, 2.05) is 22.6 Å². The number of aromatic nitrogens is 1. The number of aromatic hydroxyl groups is 1. The number of fused-ring (bicyclic) bond motifs is 1. The van der Waals surface area contributed by atoms with E-state index in [4.69, 9.17) is 5.11 Å². The highest BCUT2D eigenvalue weighted by atomic mass is 127. The quantitative estimate of drug-likeness (QED) is 0.807. The summed E-state index contributed by atoms with van der Waals surface area (Å²) >= 11 is 1.89. The molecule has 0 fully saturated rings. The first-order valence-corrected chi connectivity index (χ1v) is 6.27. The topological polar surface area (TPSA) is 70.4 Å². The zero-order valence-electron chi connectivity index (χ0n) is 9.37. The van der Waals surface area contributed by atoms with Gasteiger partial charge in [-0.1, -0.05) is 6.92 Å². The van der Waals surface area contributed by atoms with Gasteiger partial charge >= 0.3 is 5.97 Å². The summed E-state index contributed by atoms with van der Waals surface area (Å²) in [5.41, 5.74) is -0.0891. The third-order valence-corrected chi connectivity index (χ3v) is 3.23. The summed E-state index contributed by atoms with van der Waals surface area (Å²) in [5.74, 6) is -2.27. The largest absolute Gasteiger partial charge is 0.506 e. The summed E-state index contributed by atoms with van der Waals surface area (Å²) in [4.78, 5) is 15.1. The van der Waals surface area contributed by atoms with Gasteiger partial charge in [0, 0.05) is 8.96 Å². The Bertz CT molecular complexity index is 658. The van der Waals surface area contributed by atoms with Crippen LogP contribution in [0.15, 0.2) is 12.1 Å². The lowest BCUT2D eigenvalue weighted by Gasteiger charge is -2.10. The van der Waals surface area contributed by atoms with Crippen molar-refractivity contribution in [1.82, 2.24) is 4.98 Å². The van der Waals surface area contributed by atoms with Gasteiger partial charge in [0.2, 0.25) is 0 Å². The minimum atomic E-state index is -1.27. The molecule has 1 heterocycles. The normalized spacial score (nSPS) is 10.8. The standard InChI is InChI=1S/C12H9FINO3/c1-2-8-9(12(17)18)11(16)6-3-5(14)4-7(13)10(6)15-8/h3-4H,2H2,1H3,(H,15,16)(H,17,18). The molecule has 1 aromatic carbocycles. The molecule has 2 N–H and O–H groups in total. The van der Waals surface area contributed by atoms with E-state index in [1.54, 1.807) is 6.92 Å². The van der Waals surface area contributed by atoms with E-state index in [1.165, 1.54) is 12.1 Å². The Balaban J connectivity index is 2.96. The molecule has 0 unspecified atom stereocenters. The van der Waals surface area contributed by atoms with Crippen molar-refractivity contribution in [2.75, 3.05) is 0 Å². The third-order valence-electron chi connectivity index (χ3n) is 2.60. The first-order chi connectivity index (χ1) is 8.45. The summed E-state index contributed by atoms with van der Waals surface area (Å²) in [6.45, 7) is 1.70. The molecule has 0 atom stereocenters. The molecule has 18 heavy (non-hydrogen) atoms. The molecule has 0 aliphatic rings. The van der Waals surface area contributed by atoms with E-state index < -0.39 is 17.5 Å². The van der Waals surface area contributed by atoms with Crippen LogP contribution >= 0.6 is 22.6 Å². The highest BCUT2D eigenvalue weighted by Crippen LogP contribution is 2.32. The summed E-state index contributed by atoms with van der Waals surface area (Å²) in [6, 6.07) is 2.79. The number of benzene rings is 1. The molecule has 0 amide bonds. The van der Waals surface area contributed by atoms with Crippen molar-refractivity contribution in [3.8, 4) is 5.75 Å². The van der Waals surface area contributed by atoms with Crippen LogP contribution in [-0.4, -0.2) is 21.2 Å². The number of aromatic carboxylic acids is 1. The minimum Gasteiger partial charge on any atom is -0.506 e. The number of carboxylic acids is 1. The van der Waals surface area contributed by atoms with Crippen LogP contribution in [0.2, 0.25) is 0 Å². The molecular formula is C12H9FINO3. The maximum Gasteiger partial charge on any atom is 0.341 e. The molecule has 2 rings (SSSR count). The van der Waals surface area contributed by atoms with Crippen LogP contribution < -0.4 is 0 Å². The number of aryl methyl sites for hydroxylation is 1. The number of hydrogen-bond acceptors (Lipinski definition) is 3. The number of pyridine rings is 1. The number of halogens is 2. The lowest BCUT2D eigenvalue weighted by molar-refractivity contribution is 0.0692. The number of rotatable bonds is 2. The summed E-state index contributed by atoms with van der Waals surface area (Å²) in [7, 11) is 0. The van der Waals surface area contributed by atoms with Crippen LogP contribution in [0.3, 0.4) is 0 Å². The van der Waals surface area contributed by atoms with Gasteiger partial charge in [-0.25, -0.2) is 14.2 Å². The van der Waals surface area contributed by atoms with Gasteiger partial charge in [-0.05, 0) is 41.1 Å². The molecule has 0 aliphatic heterocycles. The van der Waals surface area contributed by atoms with Crippen molar-refractivity contribution in [3.63, 3.8) is 0 Å². The van der Waals surface area contributed by atoms with Crippen LogP contribution in [0.1, 0.15) is 23.0 Å². The Labute approximate surface area is 116 Å². The van der Waals surface area contributed by atoms with Gasteiger partial charge < -0.3 is 10.2 Å². The zero-order valence-corrected chi connectivity index (χ0v) is 11.5. The van der Waals surface area contributed by atoms with Crippen LogP contribution in [0, 0.1) is 9.39 Å². The molecular weight excluding hydrogens is 352 g/mol. The van der Waals surface area contributed by atoms with Crippen molar-refractivity contribution in [1.29, 1.82) is 0 Å².